The zero-order valence-electron chi connectivity index (χ0n) is 12.0. The van der Waals surface area contributed by atoms with Crippen LogP contribution in [0.1, 0.15) is 12.8 Å². The quantitative estimate of drug-likeness (QED) is 0.856. The summed E-state index contributed by atoms with van der Waals surface area (Å²) in [6.45, 7) is 1.82. The molecule has 0 bridgehead atoms. The van der Waals surface area contributed by atoms with Gasteiger partial charge in [0.15, 0.2) is 0 Å². The van der Waals surface area contributed by atoms with E-state index in [1.165, 1.54) is 6.33 Å². The maximum absolute atomic E-state index is 5.94. The number of piperidine rings is 1. The normalized spacial score (nSPS) is 15.8. The Hall–Kier alpha value is -2.37. The van der Waals surface area contributed by atoms with Crippen molar-refractivity contribution in [2.75, 3.05) is 25.1 Å². The van der Waals surface area contributed by atoms with Crippen LogP contribution in [0.3, 0.4) is 0 Å². The second-order valence-corrected chi connectivity index (χ2v) is 4.91. The molecular weight excluding hydrogens is 268 g/mol. The Balaban J connectivity index is 1.57. The van der Waals surface area contributed by atoms with Gasteiger partial charge in [0.25, 0.3) is 0 Å². The fourth-order valence-electron chi connectivity index (χ4n) is 2.43. The van der Waals surface area contributed by atoms with Gasteiger partial charge in [0.1, 0.15) is 24.0 Å². The molecule has 0 unspecified atom stereocenters. The molecular formula is C15H18N4O2. The van der Waals surface area contributed by atoms with Crippen molar-refractivity contribution in [1.82, 2.24) is 15.0 Å². The fourth-order valence-corrected chi connectivity index (χ4v) is 2.43. The first-order chi connectivity index (χ1) is 10.3. The molecule has 1 saturated heterocycles. The minimum absolute atomic E-state index is 0.231. The van der Waals surface area contributed by atoms with Crippen molar-refractivity contribution in [3.05, 3.63) is 36.9 Å². The SMILES string of the molecule is COc1cc(N2CCC(Oc3cccnc3)CC2)ncn1. The Morgan fingerprint density at radius 1 is 1.24 bits per heavy atom. The Labute approximate surface area is 123 Å². The molecule has 0 aliphatic carbocycles. The molecule has 0 atom stereocenters. The van der Waals surface area contributed by atoms with Crippen molar-refractivity contribution in [3.63, 3.8) is 0 Å². The summed E-state index contributed by atoms with van der Waals surface area (Å²) in [6, 6.07) is 5.69. The lowest BCUT2D eigenvalue weighted by atomic mass is 10.1. The van der Waals surface area contributed by atoms with Crippen LogP contribution >= 0.6 is 0 Å². The van der Waals surface area contributed by atoms with E-state index in [-0.39, 0.29) is 6.10 Å². The summed E-state index contributed by atoms with van der Waals surface area (Å²) in [4.78, 5) is 14.6. The zero-order chi connectivity index (χ0) is 14.5. The number of rotatable bonds is 4. The van der Waals surface area contributed by atoms with Gasteiger partial charge in [-0.1, -0.05) is 0 Å². The Bertz CT molecular complexity index is 571. The van der Waals surface area contributed by atoms with Gasteiger partial charge in [-0.3, -0.25) is 4.98 Å². The largest absolute Gasteiger partial charge is 0.489 e. The number of hydrogen-bond acceptors (Lipinski definition) is 6. The lowest BCUT2D eigenvalue weighted by molar-refractivity contribution is 0.170. The van der Waals surface area contributed by atoms with Crippen LogP contribution < -0.4 is 14.4 Å². The van der Waals surface area contributed by atoms with E-state index in [4.69, 9.17) is 9.47 Å². The third-order valence-corrected chi connectivity index (χ3v) is 3.54. The Morgan fingerprint density at radius 3 is 2.81 bits per heavy atom. The van der Waals surface area contributed by atoms with Crippen LogP contribution in [0.15, 0.2) is 36.9 Å². The van der Waals surface area contributed by atoms with Crippen LogP contribution in [0.25, 0.3) is 0 Å². The Morgan fingerprint density at radius 2 is 2.10 bits per heavy atom. The molecule has 0 radical (unpaired) electrons. The molecule has 3 rings (SSSR count). The van der Waals surface area contributed by atoms with Crippen LogP contribution in [0.5, 0.6) is 11.6 Å². The van der Waals surface area contributed by atoms with Gasteiger partial charge in [-0.25, -0.2) is 9.97 Å². The zero-order valence-corrected chi connectivity index (χ0v) is 12.0. The molecule has 110 valence electrons. The van der Waals surface area contributed by atoms with E-state index >= 15 is 0 Å². The second-order valence-electron chi connectivity index (χ2n) is 4.91. The van der Waals surface area contributed by atoms with Crippen molar-refractivity contribution >= 4 is 5.82 Å². The number of anilines is 1. The molecule has 0 saturated carbocycles. The standard InChI is InChI=1S/C15H18N4O2/c1-20-15-9-14(17-11-18-15)19-7-4-12(5-8-19)21-13-3-2-6-16-10-13/h2-3,6,9-12H,4-5,7-8H2,1H3. The van der Waals surface area contributed by atoms with Gasteiger partial charge in [-0.2, -0.15) is 0 Å². The number of nitrogens with zero attached hydrogens (tertiary/aromatic N) is 4. The molecule has 2 aromatic rings. The molecule has 1 aliphatic rings. The monoisotopic (exact) mass is 286 g/mol. The molecule has 0 N–H and O–H groups in total. The molecule has 6 nitrogen and oxygen atoms in total. The highest BCUT2D eigenvalue weighted by molar-refractivity contribution is 5.41. The molecule has 0 spiro atoms. The summed E-state index contributed by atoms with van der Waals surface area (Å²) in [6.07, 6.45) is 7.18. The molecule has 6 heteroatoms. The topological polar surface area (TPSA) is 60.4 Å². The molecule has 1 fully saturated rings. The first-order valence-corrected chi connectivity index (χ1v) is 7.03. The van der Waals surface area contributed by atoms with Gasteiger partial charge in [0.05, 0.1) is 13.3 Å². The smallest absolute Gasteiger partial charge is 0.218 e. The van der Waals surface area contributed by atoms with E-state index in [0.29, 0.717) is 5.88 Å². The van der Waals surface area contributed by atoms with E-state index in [1.807, 2.05) is 18.2 Å². The number of methoxy groups -OCH3 is 1. The van der Waals surface area contributed by atoms with E-state index in [0.717, 1.165) is 37.5 Å². The summed E-state index contributed by atoms with van der Waals surface area (Å²) in [5, 5.41) is 0. The average molecular weight is 286 g/mol. The van der Waals surface area contributed by atoms with Gasteiger partial charge >= 0.3 is 0 Å². The van der Waals surface area contributed by atoms with Crippen LogP contribution in [-0.4, -0.2) is 41.3 Å². The summed E-state index contributed by atoms with van der Waals surface area (Å²) in [5.74, 6) is 2.33. The lowest BCUT2D eigenvalue weighted by Crippen LogP contribution is -2.38. The van der Waals surface area contributed by atoms with Crippen LogP contribution in [0.2, 0.25) is 0 Å². The minimum Gasteiger partial charge on any atom is -0.489 e. The molecule has 3 heterocycles. The van der Waals surface area contributed by atoms with Gasteiger partial charge in [-0.05, 0) is 12.1 Å². The lowest BCUT2D eigenvalue weighted by Gasteiger charge is -2.32. The highest BCUT2D eigenvalue weighted by Gasteiger charge is 2.21. The number of aromatic nitrogens is 3. The average Bonchev–Trinajstić information content (AvgIpc) is 2.56. The highest BCUT2D eigenvalue weighted by Crippen LogP contribution is 2.22. The van der Waals surface area contributed by atoms with Crippen molar-refractivity contribution < 1.29 is 9.47 Å². The minimum atomic E-state index is 0.231. The summed E-state index contributed by atoms with van der Waals surface area (Å²) in [5.41, 5.74) is 0. The van der Waals surface area contributed by atoms with Crippen molar-refractivity contribution in [1.29, 1.82) is 0 Å². The highest BCUT2D eigenvalue weighted by atomic mass is 16.5. The van der Waals surface area contributed by atoms with Gasteiger partial charge < -0.3 is 14.4 Å². The summed E-state index contributed by atoms with van der Waals surface area (Å²) < 4.78 is 11.1. The predicted molar refractivity (Wildman–Crippen MR) is 78.7 cm³/mol. The summed E-state index contributed by atoms with van der Waals surface area (Å²) >= 11 is 0. The van der Waals surface area contributed by atoms with Gasteiger partial charge in [-0.15, -0.1) is 0 Å². The van der Waals surface area contributed by atoms with E-state index in [1.54, 1.807) is 19.5 Å². The molecule has 0 amide bonds. The number of pyridine rings is 1. The Kier molecular flexibility index (Phi) is 4.14. The first-order valence-electron chi connectivity index (χ1n) is 7.03. The van der Waals surface area contributed by atoms with Crippen LogP contribution in [0, 0.1) is 0 Å². The van der Waals surface area contributed by atoms with Crippen LogP contribution in [-0.2, 0) is 0 Å². The maximum Gasteiger partial charge on any atom is 0.218 e. The van der Waals surface area contributed by atoms with Crippen molar-refractivity contribution in [2.45, 2.75) is 18.9 Å². The number of hydrogen-bond donors (Lipinski definition) is 0. The van der Waals surface area contributed by atoms with E-state index < -0.39 is 0 Å². The predicted octanol–water partition coefficient (Wildman–Crippen LogP) is 1.93. The molecule has 1 aliphatic heterocycles. The molecule has 21 heavy (non-hydrogen) atoms. The van der Waals surface area contributed by atoms with E-state index in [2.05, 4.69) is 19.9 Å². The number of ether oxygens (including phenoxy) is 2. The van der Waals surface area contributed by atoms with Crippen molar-refractivity contribution in [2.24, 2.45) is 0 Å². The van der Waals surface area contributed by atoms with E-state index in [9.17, 15) is 0 Å². The van der Waals surface area contributed by atoms with Gasteiger partial charge in [0, 0.05) is 38.2 Å². The third-order valence-electron chi connectivity index (χ3n) is 3.54. The first kappa shape index (κ1) is 13.6. The van der Waals surface area contributed by atoms with Crippen molar-refractivity contribution in [3.8, 4) is 11.6 Å². The fraction of sp³-hybridized carbons (Fsp3) is 0.400. The third kappa shape index (κ3) is 3.39. The molecule has 0 aromatic carbocycles. The second kappa shape index (κ2) is 6.39. The van der Waals surface area contributed by atoms with Crippen LogP contribution in [0.4, 0.5) is 5.82 Å². The maximum atomic E-state index is 5.94. The summed E-state index contributed by atoms with van der Waals surface area (Å²) in [7, 11) is 1.61. The van der Waals surface area contributed by atoms with Gasteiger partial charge in [0.2, 0.25) is 5.88 Å². The molecule has 2 aromatic heterocycles.